The van der Waals surface area contributed by atoms with Gasteiger partial charge in [0.15, 0.2) is 0 Å². The molecule has 13 heavy (non-hydrogen) atoms. The van der Waals surface area contributed by atoms with Crippen molar-refractivity contribution in [2.45, 2.75) is 20.8 Å². The van der Waals surface area contributed by atoms with Gasteiger partial charge < -0.3 is 0 Å². The maximum absolute atomic E-state index is 10.3. The van der Waals surface area contributed by atoms with Gasteiger partial charge in [0.05, 0.1) is 9.41 Å². The Morgan fingerprint density at radius 3 is 2.23 bits per heavy atom. The average Bonchev–Trinajstić information content (AvgIpc) is 2.15. The van der Waals surface area contributed by atoms with Crippen LogP contribution in [0.3, 0.4) is 0 Å². The van der Waals surface area contributed by atoms with E-state index >= 15 is 0 Å². The fraction of sp³-hybridized carbons (Fsp3) is 0.333. The molecule has 0 aliphatic rings. The van der Waals surface area contributed by atoms with Crippen molar-refractivity contribution >= 4 is 15.9 Å². The number of halogens is 1. The summed E-state index contributed by atoms with van der Waals surface area (Å²) in [6.07, 6.45) is 4.40. The fourth-order valence-electron chi connectivity index (χ4n) is 0.490. The zero-order valence-corrected chi connectivity index (χ0v) is 9.67. The smallest absolute Gasteiger partial charge is 0.258 e. The first-order chi connectivity index (χ1) is 6.13. The molecule has 0 N–H and O–H groups in total. The Balaban J connectivity index is 0. The van der Waals surface area contributed by atoms with Gasteiger partial charge in [0, 0.05) is 6.08 Å². The van der Waals surface area contributed by atoms with E-state index < -0.39 is 4.92 Å². The van der Waals surface area contributed by atoms with Gasteiger partial charge in [0.25, 0.3) is 5.70 Å². The van der Waals surface area contributed by atoms with Crippen molar-refractivity contribution in [1.82, 2.24) is 0 Å². The van der Waals surface area contributed by atoms with Gasteiger partial charge in [-0.05, 0) is 28.9 Å². The molecule has 3 nitrogen and oxygen atoms in total. The highest BCUT2D eigenvalue weighted by molar-refractivity contribution is 9.11. The zero-order valence-electron chi connectivity index (χ0n) is 8.08. The maximum Gasteiger partial charge on any atom is 0.283 e. The molecule has 0 unspecified atom stereocenters. The topological polar surface area (TPSA) is 43.1 Å². The molecule has 0 rings (SSSR count). The van der Waals surface area contributed by atoms with Crippen LogP contribution in [0, 0.1) is 10.1 Å². The highest BCUT2D eigenvalue weighted by atomic mass is 79.9. The number of hydrogen-bond acceptors (Lipinski definition) is 2. The third kappa shape index (κ3) is 6.28. The summed E-state index contributed by atoms with van der Waals surface area (Å²) >= 11 is 3.01. The Morgan fingerprint density at radius 2 is 2.00 bits per heavy atom. The summed E-state index contributed by atoms with van der Waals surface area (Å²) in [5.41, 5.74) is 0.0162. The second-order valence-electron chi connectivity index (χ2n) is 1.69. The molecule has 74 valence electrons. The first kappa shape index (κ1) is 14.6. The van der Waals surface area contributed by atoms with Gasteiger partial charge in [0.2, 0.25) is 0 Å². The predicted octanol–water partition coefficient (Wildman–Crippen LogP) is 3.66. The first-order valence-electron chi connectivity index (χ1n) is 3.92. The summed E-state index contributed by atoms with van der Waals surface area (Å²) in [6.45, 7) is 9.12. The molecule has 0 aromatic carbocycles. The van der Waals surface area contributed by atoms with Crippen molar-refractivity contribution in [3.8, 4) is 0 Å². The number of hydrogen-bond donors (Lipinski definition) is 0. The molecule has 0 radical (unpaired) electrons. The Morgan fingerprint density at radius 1 is 1.54 bits per heavy atom. The van der Waals surface area contributed by atoms with E-state index in [-0.39, 0.29) is 5.70 Å². The van der Waals surface area contributed by atoms with E-state index in [1.807, 2.05) is 13.8 Å². The van der Waals surface area contributed by atoms with Crippen molar-refractivity contribution < 1.29 is 4.92 Å². The van der Waals surface area contributed by atoms with Crippen molar-refractivity contribution in [2.24, 2.45) is 0 Å². The molecule has 0 atom stereocenters. The van der Waals surface area contributed by atoms with Crippen molar-refractivity contribution in [3.05, 3.63) is 45.1 Å². The zero-order chi connectivity index (χ0) is 10.9. The van der Waals surface area contributed by atoms with Gasteiger partial charge in [-0.3, -0.25) is 10.1 Å². The lowest BCUT2D eigenvalue weighted by Crippen LogP contribution is -1.96. The van der Waals surface area contributed by atoms with E-state index in [1.54, 1.807) is 13.0 Å². The van der Waals surface area contributed by atoms with Crippen LogP contribution in [0.5, 0.6) is 0 Å². The van der Waals surface area contributed by atoms with Crippen molar-refractivity contribution in [1.29, 1.82) is 0 Å². The molecule has 0 fully saturated rings. The van der Waals surface area contributed by atoms with E-state index in [9.17, 15) is 10.1 Å². The average molecular weight is 248 g/mol. The van der Waals surface area contributed by atoms with E-state index in [1.165, 1.54) is 12.2 Å². The van der Waals surface area contributed by atoms with Gasteiger partial charge in [-0.15, -0.1) is 0 Å². The van der Waals surface area contributed by atoms with Crippen LogP contribution < -0.4 is 0 Å². The minimum atomic E-state index is -0.467. The standard InChI is InChI=1S/C7H8BrNO2.C2H6/c1-3-5-7(9(10)11)6(8)4-2;1-2/h3-5H,2H2,1H3;1-2H3/b5-3-,7-6-;. The summed E-state index contributed by atoms with van der Waals surface area (Å²) < 4.78 is 0.389. The summed E-state index contributed by atoms with van der Waals surface area (Å²) in [5.74, 6) is 0. The molecular formula is C9H14BrNO2. The second kappa shape index (κ2) is 9.19. The van der Waals surface area contributed by atoms with Crippen molar-refractivity contribution in [3.63, 3.8) is 0 Å². The van der Waals surface area contributed by atoms with Crippen LogP contribution in [0.1, 0.15) is 20.8 Å². The SMILES string of the molecule is C=C/C(Br)=C(\C=C/C)[N+](=O)[O-].CC. The Bertz CT molecular complexity index is 232. The number of rotatable bonds is 3. The molecule has 0 aliphatic carbocycles. The van der Waals surface area contributed by atoms with Crippen molar-refractivity contribution in [2.75, 3.05) is 0 Å². The number of nitro groups is 1. The lowest BCUT2D eigenvalue weighted by Gasteiger charge is -1.91. The summed E-state index contributed by atoms with van der Waals surface area (Å²) in [7, 11) is 0. The molecule has 0 heterocycles. The predicted molar refractivity (Wildman–Crippen MR) is 59.3 cm³/mol. The Kier molecular flexibility index (Phi) is 10.3. The highest BCUT2D eigenvalue weighted by Gasteiger charge is 2.08. The van der Waals surface area contributed by atoms with Crippen LogP contribution in [0.25, 0.3) is 0 Å². The lowest BCUT2D eigenvalue weighted by molar-refractivity contribution is -0.419. The molecule has 0 aromatic rings. The lowest BCUT2D eigenvalue weighted by atomic mass is 10.3. The van der Waals surface area contributed by atoms with E-state index in [0.29, 0.717) is 4.48 Å². The van der Waals surface area contributed by atoms with Crippen LogP contribution in [0.4, 0.5) is 0 Å². The first-order valence-corrected chi connectivity index (χ1v) is 4.72. The largest absolute Gasteiger partial charge is 0.283 e. The van der Waals surface area contributed by atoms with Gasteiger partial charge >= 0.3 is 0 Å². The third-order valence-electron chi connectivity index (χ3n) is 0.945. The van der Waals surface area contributed by atoms with Gasteiger partial charge in [-0.1, -0.05) is 26.5 Å². The quantitative estimate of drug-likeness (QED) is 0.434. The van der Waals surface area contributed by atoms with Crippen LogP contribution in [-0.2, 0) is 0 Å². The van der Waals surface area contributed by atoms with Crippen LogP contribution in [0.15, 0.2) is 35.0 Å². The summed E-state index contributed by atoms with van der Waals surface area (Å²) in [4.78, 5) is 9.84. The molecule has 0 amide bonds. The van der Waals surface area contributed by atoms with Gasteiger partial charge in [0.1, 0.15) is 0 Å². The molecule has 0 saturated heterocycles. The number of allylic oxidation sites excluding steroid dienone is 4. The molecule has 0 bridgehead atoms. The van der Waals surface area contributed by atoms with Crippen LogP contribution in [0.2, 0.25) is 0 Å². The van der Waals surface area contributed by atoms with Crippen LogP contribution in [-0.4, -0.2) is 4.92 Å². The normalized spacial score (nSPS) is 11.4. The molecule has 0 saturated carbocycles. The van der Waals surface area contributed by atoms with Crippen LogP contribution >= 0.6 is 15.9 Å². The number of nitrogens with zero attached hydrogens (tertiary/aromatic N) is 1. The summed E-state index contributed by atoms with van der Waals surface area (Å²) in [6, 6.07) is 0. The van der Waals surface area contributed by atoms with E-state index in [2.05, 4.69) is 22.5 Å². The third-order valence-corrected chi connectivity index (χ3v) is 1.68. The summed E-state index contributed by atoms with van der Waals surface area (Å²) in [5, 5.41) is 10.3. The maximum atomic E-state index is 10.3. The fourth-order valence-corrected chi connectivity index (χ4v) is 0.767. The molecule has 4 heteroatoms. The molecular weight excluding hydrogens is 234 g/mol. The molecule has 0 spiro atoms. The molecule has 0 aromatic heterocycles. The second-order valence-corrected chi connectivity index (χ2v) is 2.55. The van der Waals surface area contributed by atoms with E-state index in [0.717, 1.165) is 0 Å². The highest BCUT2D eigenvalue weighted by Crippen LogP contribution is 2.14. The Hall–Kier alpha value is -0.900. The monoisotopic (exact) mass is 247 g/mol. The van der Waals surface area contributed by atoms with Gasteiger partial charge in [-0.2, -0.15) is 0 Å². The minimum Gasteiger partial charge on any atom is -0.258 e. The van der Waals surface area contributed by atoms with Gasteiger partial charge in [-0.25, -0.2) is 0 Å². The minimum absolute atomic E-state index is 0.0162. The van der Waals surface area contributed by atoms with E-state index in [4.69, 9.17) is 0 Å². The Labute approximate surface area is 87.1 Å². The molecule has 0 aliphatic heterocycles.